The molecule has 1 saturated heterocycles. The standard InChI is InChI=1S/C26H28N2O4S/c1-31-20-11-12-22(24(15-20)32-2)27-26(30)19-10-13-23(18-7-4-3-5-8-18)28(17-19)25(29)16-21-9-6-14-33-21/h3-9,11-12,14-15,19,23H,10,13,16-17H2,1-2H3,(H,27,30). The zero-order valence-electron chi connectivity index (χ0n) is 18.8. The van der Waals surface area contributed by atoms with Gasteiger partial charge in [-0.2, -0.15) is 0 Å². The van der Waals surface area contributed by atoms with Gasteiger partial charge in [-0.1, -0.05) is 36.4 Å². The van der Waals surface area contributed by atoms with Crippen LogP contribution in [0.4, 0.5) is 5.69 Å². The van der Waals surface area contributed by atoms with Gasteiger partial charge in [0.05, 0.1) is 38.3 Å². The number of thiophene rings is 1. The summed E-state index contributed by atoms with van der Waals surface area (Å²) in [5.41, 5.74) is 1.69. The van der Waals surface area contributed by atoms with Crippen LogP contribution in [0.1, 0.15) is 29.3 Å². The second-order valence-corrected chi connectivity index (χ2v) is 9.09. The molecule has 1 aliphatic rings. The molecule has 0 radical (unpaired) electrons. The van der Waals surface area contributed by atoms with Crippen molar-refractivity contribution in [2.24, 2.45) is 5.92 Å². The van der Waals surface area contributed by atoms with E-state index in [1.54, 1.807) is 43.8 Å². The first-order valence-electron chi connectivity index (χ1n) is 11.0. The highest BCUT2D eigenvalue weighted by molar-refractivity contribution is 7.10. The summed E-state index contributed by atoms with van der Waals surface area (Å²) in [6.45, 7) is 0.383. The van der Waals surface area contributed by atoms with Crippen LogP contribution < -0.4 is 14.8 Å². The number of anilines is 1. The van der Waals surface area contributed by atoms with Crippen LogP contribution in [0, 0.1) is 5.92 Å². The predicted molar refractivity (Wildman–Crippen MR) is 130 cm³/mol. The molecule has 1 aromatic heterocycles. The Labute approximate surface area is 198 Å². The Balaban J connectivity index is 1.52. The number of hydrogen-bond donors (Lipinski definition) is 1. The SMILES string of the molecule is COc1ccc(NC(=O)C2CCC(c3ccccc3)N(C(=O)Cc3cccs3)C2)c(OC)c1. The number of nitrogens with zero attached hydrogens (tertiary/aromatic N) is 1. The fourth-order valence-electron chi connectivity index (χ4n) is 4.28. The maximum absolute atomic E-state index is 13.3. The quantitative estimate of drug-likeness (QED) is 0.539. The molecule has 1 aliphatic heterocycles. The number of carbonyl (C=O) groups is 2. The molecule has 33 heavy (non-hydrogen) atoms. The van der Waals surface area contributed by atoms with Gasteiger partial charge in [-0.25, -0.2) is 0 Å². The highest BCUT2D eigenvalue weighted by Crippen LogP contribution is 2.35. The van der Waals surface area contributed by atoms with Crippen molar-refractivity contribution in [1.82, 2.24) is 4.90 Å². The minimum Gasteiger partial charge on any atom is -0.497 e. The molecule has 1 N–H and O–H groups in total. The molecule has 7 heteroatoms. The van der Waals surface area contributed by atoms with Gasteiger partial charge >= 0.3 is 0 Å². The Morgan fingerprint density at radius 1 is 1.03 bits per heavy atom. The summed E-state index contributed by atoms with van der Waals surface area (Å²) in [4.78, 5) is 29.4. The van der Waals surface area contributed by atoms with Gasteiger partial charge in [-0.3, -0.25) is 9.59 Å². The first-order chi connectivity index (χ1) is 16.1. The topological polar surface area (TPSA) is 67.9 Å². The average Bonchev–Trinajstić information content (AvgIpc) is 3.37. The predicted octanol–water partition coefficient (Wildman–Crippen LogP) is 4.93. The maximum Gasteiger partial charge on any atom is 0.229 e. The third-order valence-electron chi connectivity index (χ3n) is 6.03. The normalized spacial score (nSPS) is 17.9. The summed E-state index contributed by atoms with van der Waals surface area (Å²) in [5.74, 6) is 0.818. The molecule has 2 unspecified atom stereocenters. The molecule has 172 valence electrons. The fourth-order valence-corrected chi connectivity index (χ4v) is 4.98. The van der Waals surface area contributed by atoms with Crippen molar-refractivity contribution in [3.05, 3.63) is 76.5 Å². The first-order valence-corrected chi connectivity index (χ1v) is 11.9. The largest absolute Gasteiger partial charge is 0.497 e. The third kappa shape index (κ3) is 5.37. The van der Waals surface area contributed by atoms with E-state index in [-0.39, 0.29) is 23.8 Å². The lowest BCUT2D eigenvalue weighted by atomic mass is 9.88. The van der Waals surface area contributed by atoms with Gasteiger partial charge in [0.1, 0.15) is 11.5 Å². The van der Waals surface area contributed by atoms with E-state index in [9.17, 15) is 9.59 Å². The monoisotopic (exact) mass is 464 g/mol. The Morgan fingerprint density at radius 3 is 2.55 bits per heavy atom. The number of amides is 2. The van der Waals surface area contributed by atoms with Crippen molar-refractivity contribution in [2.75, 3.05) is 26.1 Å². The minimum absolute atomic E-state index is 0.0294. The Kier molecular flexibility index (Phi) is 7.29. The van der Waals surface area contributed by atoms with E-state index < -0.39 is 0 Å². The highest BCUT2D eigenvalue weighted by atomic mass is 32.1. The maximum atomic E-state index is 13.3. The van der Waals surface area contributed by atoms with Gasteiger partial charge in [-0.05, 0) is 42.0 Å². The third-order valence-corrected chi connectivity index (χ3v) is 6.91. The van der Waals surface area contributed by atoms with E-state index in [2.05, 4.69) is 17.4 Å². The van der Waals surface area contributed by atoms with Crippen molar-refractivity contribution < 1.29 is 19.1 Å². The zero-order valence-corrected chi connectivity index (χ0v) is 19.6. The van der Waals surface area contributed by atoms with Crippen LogP contribution in [0.25, 0.3) is 0 Å². The number of benzene rings is 2. The Hall–Kier alpha value is -3.32. The lowest BCUT2D eigenvalue weighted by molar-refractivity contribution is -0.137. The fraction of sp³-hybridized carbons (Fsp3) is 0.308. The van der Waals surface area contributed by atoms with E-state index in [0.717, 1.165) is 16.9 Å². The molecule has 0 saturated carbocycles. The Bertz CT molecular complexity index is 1080. The average molecular weight is 465 g/mol. The van der Waals surface area contributed by atoms with Gasteiger partial charge in [0.15, 0.2) is 0 Å². The van der Waals surface area contributed by atoms with Crippen LogP contribution in [0.15, 0.2) is 66.0 Å². The minimum atomic E-state index is -0.302. The van der Waals surface area contributed by atoms with Crippen LogP contribution in [-0.4, -0.2) is 37.5 Å². The summed E-state index contributed by atoms with van der Waals surface area (Å²) in [6, 6.07) is 19.3. The molecular weight excluding hydrogens is 436 g/mol. The number of hydrogen-bond acceptors (Lipinski definition) is 5. The summed E-state index contributed by atoms with van der Waals surface area (Å²) in [5, 5.41) is 4.96. The highest BCUT2D eigenvalue weighted by Gasteiger charge is 2.35. The number of methoxy groups -OCH3 is 2. The molecule has 0 aliphatic carbocycles. The molecule has 0 spiro atoms. The summed E-state index contributed by atoms with van der Waals surface area (Å²) >= 11 is 1.58. The van der Waals surface area contributed by atoms with Gasteiger partial charge < -0.3 is 19.7 Å². The van der Waals surface area contributed by atoms with Gasteiger partial charge in [-0.15, -0.1) is 11.3 Å². The van der Waals surface area contributed by atoms with E-state index >= 15 is 0 Å². The molecule has 2 aromatic carbocycles. The second-order valence-electron chi connectivity index (χ2n) is 8.06. The molecular formula is C26H28N2O4S. The zero-order chi connectivity index (χ0) is 23.2. The van der Waals surface area contributed by atoms with Crippen molar-refractivity contribution in [3.63, 3.8) is 0 Å². The van der Waals surface area contributed by atoms with Crippen LogP contribution >= 0.6 is 11.3 Å². The van der Waals surface area contributed by atoms with Crippen LogP contribution in [0.5, 0.6) is 11.5 Å². The summed E-state index contributed by atoms with van der Waals surface area (Å²) in [7, 11) is 3.14. The number of carbonyl (C=O) groups excluding carboxylic acids is 2. The smallest absolute Gasteiger partial charge is 0.229 e. The number of nitrogens with one attached hydrogen (secondary N) is 1. The molecule has 6 nitrogen and oxygen atoms in total. The second kappa shape index (κ2) is 10.5. The molecule has 0 bridgehead atoms. The van der Waals surface area contributed by atoms with Crippen molar-refractivity contribution in [1.29, 1.82) is 0 Å². The summed E-state index contributed by atoms with van der Waals surface area (Å²) in [6.07, 6.45) is 1.78. The molecule has 2 heterocycles. The molecule has 2 amide bonds. The van der Waals surface area contributed by atoms with Crippen molar-refractivity contribution in [3.8, 4) is 11.5 Å². The molecule has 1 fully saturated rings. The molecule has 3 aromatic rings. The van der Waals surface area contributed by atoms with E-state index in [4.69, 9.17) is 9.47 Å². The van der Waals surface area contributed by atoms with Crippen LogP contribution in [0.3, 0.4) is 0 Å². The van der Waals surface area contributed by atoms with Gasteiger partial charge in [0.2, 0.25) is 11.8 Å². The number of piperidine rings is 1. The van der Waals surface area contributed by atoms with E-state index in [0.29, 0.717) is 36.6 Å². The molecule has 4 rings (SSSR count). The van der Waals surface area contributed by atoms with Crippen LogP contribution in [0.2, 0.25) is 0 Å². The van der Waals surface area contributed by atoms with Gasteiger partial charge in [0.25, 0.3) is 0 Å². The van der Waals surface area contributed by atoms with Gasteiger partial charge in [0, 0.05) is 17.5 Å². The Morgan fingerprint density at radius 2 is 1.85 bits per heavy atom. The number of rotatable bonds is 7. The molecule has 2 atom stereocenters. The van der Waals surface area contributed by atoms with Crippen molar-refractivity contribution >= 4 is 28.8 Å². The van der Waals surface area contributed by atoms with E-state index in [1.165, 1.54) is 0 Å². The first kappa shape index (κ1) is 22.9. The number of ether oxygens (including phenoxy) is 2. The van der Waals surface area contributed by atoms with Crippen LogP contribution in [-0.2, 0) is 16.0 Å². The van der Waals surface area contributed by atoms with E-state index in [1.807, 2.05) is 40.6 Å². The summed E-state index contributed by atoms with van der Waals surface area (Å²) < 4.78 is 10.6. The number of likely N-dealkylation sites (tertiary alicyclic amines) is 1. The van der Waals surface area contributed by atoms with Crippen molar-refractivity contribution in [2.45, 2.75) is 25.3 Å². The lowest BCUT2D eigenvalue weighted by Gasteiger charge is -2.39. The lowest BCUT2D eigenvalue weighted by Crippen LogP contribution is -2.46.